The third-order valence-corrected chi connectivity index (χ3v) is 5.30. The first kappa shape index (κ1) is 15.8. The fourth-order valence-electron chi connectivity index (χ4n) is 3.85. The largest absolute Gasteiger partial charge is 0.371 e. The van der Waals surface area contributed by atoms with Crippen LogP contribution in [0, 0.1) is 11.8 Å². The molecule has 0 aromatic heterocycles. The van der Waals surface area contributed by atoms with Crippen molar-refractivity contribution < 1.29 is 14.3 Å². The first-order valence-electron chi connectivity index (χ1n) is 8.70. The van der Waals surface area contributed by atoms with Crippen molar-refractivity contribution in [2.75, 3.05) is 32.8 Å². The molecule has 0 N–H and O–H groups in total. The highest BCUT2D eigenvalue weighted by molar-refractivity contribution is 5.79. The number of amides is 2. The van der Waals surface area contributed by atoms with Crippen molar-refractivity contribution in [2.24, 2.45) is 11.8 Å². The Bertz CT molecular complexity index is 433. The number of piperidine rings is 1. The molecule has 0 aliphatic carbocycles. The minimum Gasteiger partial charge on any atom is -0.371 e. The van der Waals surface area contributed by atoms with E-state index in [-0.39, 0.29) is 17.4 Å². The number of carbonyl (C=O) groups excluding carboxylic acids is 2. The van der Waals surface area contributed by atoms with Gasteiger partial charge in [0.2, 0.25) is 11.8 Å². The van der Waals surface area contributed by atoms with Gasteiger partial charge in [-0.1, -0.05) is 13.8 Å². The van der Waals surface area contributed by atoms with Gasteiger partial charge in [-0.15, -0.1) is 0 Å². The molecule has 3 aliphatic rings. The first-order chi connectivity index (χ1) is 10.5. The Morgan fingerprint density at radius 3 is 2.73 bits per heavy atom. The number of nitrogens with zero attached hydrogens (tertiary/aromatic N) is 2. The fourth-order valence-corrected chi connectivity index (χ4v) is 3.85. The molecule has 0 aromatic rings. The van der Waals surface area contributed by atoms with Gasteiger partial charge >= 0.3 is 0 Å². The molecule has 0 bridgehead atoms. The highest BCUT2D eigenvalue weighted by Crippen LogP contribution is 2.37. The van der Waals surface area contributed by atoms with Crippen LogP contribution in [0.3, 0.4) is 0 Å². The SMILES string of the molecule is CC(C)C(=O)N1CC2(CC[C@@H](CN3CCCCC3=O)CO2)C1. The number of hydrogen-bond donors (Lipinski definition) is 0. The Hall–Kier alpha value is -1.10. The van der Waals surface area contributed by atoms with Crippen LogP contribution < -0.4 is 0 Å². The van der Waals surface area contributed by atoms with Crippen LogP contribution in [0.5, 0.6) is 0 Å². The van der Waals surface area contributed by atoms with Gasteiger partial charge in [0.1, 0.15) is 5.60 Å². The lowest BCUT2D eigenvalue weighted by atomic mass is 9.82. The van der Waals surface area contributed by atoms with Crippen LogP contribution in [0.1, 0.15) is 46.0 Å². The zero-order valence-corrected chi connectivity index (χ0v) is 13.8. The van der Waals surface area contributed by atoms with E-state index in [1.54, 1.807) is 0 Å². The molecule has 1 atom stereocenters. The van der Waals surface area contributed by atoms with E-state index in [2.05, 4.69) is 0 Å². The Morgan fingerprint density at radius 2 is 2.14 bits per heavy atom. The summed E-state index contributed by atoms with van der Waals surface area (Å²) in [6.07, 6.45) is 5.01. The Morgan fingerprint density at radius 1 is 1.36 bits per heavy atom. The topological polar surface area (TPSA) is 49.9 Å². The van der Waals surface area contributed by atoms with E-state index in [0.29, 0.717) is 18.2 Å². The third kappa shape index (κ3) is 3.14. The van der Waals surface area contributed by atoms with E-state index in [0.717, 1.165) is 58.5 Å². The summed E-state index contributed by atoms with van der Waals surface area (Å²) in [6.45, 7) is 7.88. The van der Waals surface area contributed by atoms with Gasteiger partial charge in [0, 0.05) is 31.3 Å². The molecule has 0 radical (unpaired) electrons. The predicted octanol–water partition coefficient (Wildman–Crippen LogP) is 1.66. The monoisotopic (exact) mass is 308 g/mol. The molecule has 2 amide bonds. The van der Waals surface area contributed by atoms with Crippen molar-refractivity contribution in [2.45, 2.75) is 51.6 Å². The maximum atomic E-state index is 11.9. The highest BCUT2D eigenvalue weighted by atomic mass is 16.5. The Balaban J connectivity index is 1.44. The zero-order valence-electron chi connectivity index (χ0n) is 13.8. The molecule has 0 unspecified atom stereocenters. The van der Waals surface area contributed by atoms with E-state index >= 15 is 0 Å². The van der Waals surface area contributed by atoms with Crippen LogP contribution in [-0.2, 0) is 14.3 Å². The quantitative estimate of drug-likeness (QED) is 0.797. The second kappa shape index (κ2) is 6.19. The van der Waals surface area contributed by atoms with Crippen molar-refractivity contribution in [1.29, 1.82) is 0 Å². The lowest BCUT2D eigenvalue weighted by Crippen LogP contribution is -2.67. The van der Waals surface area contributed by atoms with Crippen LogP contribution in [0.2, 0.25) is 0 Å². The van der Waals surface area contributed by atoms with Gasteiger partial charge in [-0.2, -0.15) is 0 Å². The maximum absolute atomic E-state index is 11.9. The normalized spacial score (nSPS) is 28.1. The van der Waals surface area contributed by atoms with Gasteiger partial charge in [-0.25, -0.2) is 0 Å². The van der Waals surface area contributed by atoms with Crippen LogP contribution in [0.15, 0.2) is 0 Å². The zero-order chi connectivity index (χ0) is 15.7. The molecule has 124 valence electrons. The number of rotatable bonds is 3. The molecular formula is C17H28N2O3. The summed E-state index contributed by atoms with van der Waals surface area (Å²) in [5.74, 6) is 1.07. The van der Waals surface area contributed by atoms with Gasteiger partial charge in [-0.3, -0.25) is 9.59 Å². The molecule has 3 saturated heterocycles. The molecule has 5 nitrogen and oxygen atoms in total. The minimum absolute atomic E-state index is 0.0683. The summed E-state index contributed by atoms with van der Waals surface area (Å²) in [7, 11) is 0. The van der Waals surface area contributed by atoms with Gasteiger partial charge in [-0.05, 0) is 25.7 Å². The molecule has 3 rings (SSSR count). The van der Waals surface area contributed by atoms with Gasteiger partial charge in [0.25, 0.3) is 0 Å². The molecule has 3 aliphatic heterocycles. The highest BCUT2D eigenvalue weighted by Gasteiger charge is 2.48. The molecule has 0 aromatic carbocycles. The lowest BCUT2D eigenvalue weighted by Gasteiger charge is -2.53. The third-order valence-electron chi connectivity index (χ3n) is 5.30. The number of hydrogen-bond acceptors (Lipinski definition) is 3. The average molecular weight is 308 g/mol. The van der Waals surface area contributed by atoms with Crippen molar-refractivity contribution in [3.8, 4) is 0 Å². The van der Waals surface area contributed by atoms with E-state index < -0.39 is 0 Å². The van der Waals surface area contributed by atoms with E-state index in [1.807, 2.05) is 23.6 Å². The van der Waals surface area contributed by atoms with Crippen LogP contribution in [-0.4, -0.2) is 60.0 Å². The molecule has 3 fully saturated rings. The summed E-state index contributed by atoms with van der Waals surface area (Å²) < 4.78 is 6.12. The molecule has 22 heavy (non-hydrogen) atoms. The Kier molecular flexibility index (Phi) is 4.44. The second-order valence-corrected chi connectivity index (χ2v) is 7.54. The maximum Gasteiger partial charge on any atom is 0.225 e. The van der Waals surface area contributed by atoms with E-state index in [1.165, 1.54) is 0 Å². The molecule has 0 saturated carbocycles. The molecular weight excluding hydrogens is 280 g/mol. The minimum atomic E-state index is -0.0903. The van der Waals surface area contributed by atoms with Crippen molar-refractivity contribution in [3.63, 3.8) is 0 Å². The second-order valence-electron chi connectivity index (χ2n) is 7.54. The summed E-state index contributed by atoms with van der Waals surface area (Å²) in [5.41, 5.74) is -0.0903. The lowest BCUT2D eigenvalue weighted by molar-refractivity contribution is -0.192. The van der Waals surface area contributed by atoms with Gasteiger partial charge < -0.3 is 14.5 Å². The summed E-state index contributed by atoms with van der Waals surface area (Å²) in [5, 5.41) is 0. The number of ether oxygens (including phenoxy) is 1. The van der Waals surface area contributed by atoms with Crippen molar-refractivity contribution >= 4 is 11.8 Å². The van der Waals surface area contributed by atoms with Crippen LogP contribution in [0.4, 0.5) is 0 Å². The van der Waals surface area contributed by atoms with Gasteiger partial charge in [0.15, 0.2) is 0 Å². The standard InChI is InChI=1S/C17H28N2O3/c1-13(2)16(21)19-11-17(12-19)7-6-14(10-22-17)9-18-8-4-3-5-15(18)20/h13-14H,3-12H2,1-2H3/t14-/m0/s1. The molecule has 5 heteroatoms. The predicted molar refractivity (Wildman–Crippen MR) is 83.3 cm³/mol. The summed E-state index contributed by atoms with van der Waals surface area (Å²) in [6, 6.07) is 0. The molecule has 3 heterocycles. The smallest absolute Gasteiger partial charge is 0.225 e. The number of carbonyl (C=O) groups is 2. The fraction of sp³-hybridized carbons (Fsp3) is 0.882. The van der Waals surface area contributed by atoms with Crippen LogP contribution in [0.25, 0.3) is 0 Å². The molecule has 1 spiro atoms. The van der Waals surface area contributed by atoms with Crippen molar-refractivity contribution in [3.05, 3.63) is 0 Å². The summed E-state index contributed by atoms with van der Waals surface area (Å²) >= 11 is 0. The van der Waals surface area contributed by atoms with Gasteiger partial charge in [0.05, 0.1) is 19.7 Å². The Labute approximate surface area is 133 Å². The first-order valence-corrected chi connectivity index (χ1v) is 8.70. The van der Waals surface area contributed by atoms with Crippen molar-refractivity contribution in [1.82, 2.24) is 9.80 Å². The van der Waals surface area contributed by atoms with E-state index in [4.69, 9.17) is 4.74 Å². The van der Waals surface area contributed by atoms with Crippen LogP contribution >= 0.6 is 0 Å². The van der Waals surface area contributed by atoms with E-state index in [9.17, 15) is 9.59 Å². The average Bonchev–Trinajstić information content (AvgIpc) is 2.47. The summed E-state index contributed by atoms with van der Waals surface area (Å²) in [4.78, 5) is 27.8. The number of likely N-dealkylation sites (tertiary alicyclic amines) is 2.